The van der Waals surface area contributed by atoms with Crippen LogP contribution in [0, 0.1) is 32.6 Å². The van der Waals surface area contributed by atoms with E-state index in [0.717, 1.165) is 28.3 Å². The molecular weight excluding hydrogens is 264 g/mol. The van der Waals surface area contributed by atoms with Crippen LogP contribution in [0.1, 0.15) is 28.1 Å². The molecule has 0 saturated heterocycles. The fraction of sp³-hybridized carbons (Fsp3) is 0.353. The van der Waals surface area contributed by atoms with E-state index in [-0.39, 0.29) is 6.61 Å². The van der Waals surface area contributed by atoms with E-state index in [1.165, 1.54) is 5.56 Å². The molecule has 4 nitrogen and oxygen atoms in total. The summed E-state index contributed by atoms with van der Waals surface area (Å²) in [6, 6.07) is 5.76. The molecular formula is C17H20N2O2. The first-order chi connectivity index (χ1) is 10.1. The maximum Gasteiger partial charge on any atom is 0.124 e. The number of hydrogen-bond acceptors (Lipinski definition) is 3. The normalized spacial score (nSPS) is 10.1. The standard InChI is InChI=1S/C17H20N2O2/c1-12-13(2)18-19(14(12)3)11-16-10-15(6-5-9-20)7-8-17(16)21-4/h7-8,10,20H,9,11H2,1-4H3. The molecule has 0 bridgehead atoms. The van der Waals surface area contributed by atoms with Gasteiger partial charge in [-0.1, -0.05) is 11.8 Å². The maximum absolute atomic E-state index is 8.79. The summed E-state index contributed by atoms with van der Waals surface area (Å²) in [6.45, 7) is 6.65. The van der Waals surface area contributed by atoms with Crippen molar-refractivity contribution in [3.63, 3.8) is 0 Å². The molecule has 2 rings (SSSR count). The molecule has 0 unspecified atom stereocenters. The van der Waals surface area contributed by atoms with Crippen molar-refractivity contribution in [1.29, 1.82) is 0 Å². The molecule has 1 aromatic heterocycles. The monoisotopic (exact) mass is 284 g/mol. The Balaban J connectivity index is 2.39. The van der Waals surface area contributed by atoms with Crippen LogP contribution in [0.15, 0.2) is 18.2 Å². The first-order valence-corrected chi connectivity index (χ1v) is 6.84. The van der Waals surface area contributed by atoms with Gasteiger partial charge in [-0.15, -0.1) is 0 Å². The number of nitrogens with zero attached hydrogens (tertiary/aromatic N) is 2. The van der Waals surface area contributed by atoms with Gasteiger partial charge in [-0.2, -0.15) is 5.10 Å². The molecule has 0 fully saturated rings. The van der Waals surface area contributed by atoms with E-state index in [1.54, 1.807) is 7.11 Å². The topological polar surface area (TPSA) is 47.3 Å². The summed E-state index contributed by atoms with van der Waals surface area (Å²) in [4.78, 5) is 0. The van der Waals surface area contributed by atoms with Crippen LogP contribution in [0.4, 0.5) is 0 Å². The predicted molar refractivity (Wildman–Crippen MR) is 82.5 cm³/mol. The molecule has 0 aliphatic carbocycles. The third kappa shape index (κ3) is 3.26. The number of aromatic nitrogens is 2. The number of rotatable bonds is 3. The van der Waals surface area contributed by atoms with Crippen molar-refractivity contribution in [1.82, 2.24) is 9.78 Å². The highest BCUT2D eigenvalue weighted by Gasteiger charge is 2.10. The van der Waals surface area contributed by atoms with Crippen LogP contribution < -0.4 is 4.74 Å². The molecule has 21 heavy (non-hydrogen) atoms. The Kier molecular flexibility index (Phi) is 4.66. The number of methoxy groups -OCH3 is 1. The molecule has 0 aliphatic rings. The molecule has 0 saturated carbocycles. The SMILES string of the molecule is COc1ccc(C#CCO)cc1Cn1nc(C)c(C)c1C. The predicted octanol–water partition coefficient (Wildman–Crippen LogP) is 2.21. The Morgan fingerprint density at radius 3 is 2.62 bits per heavy atom. The number of aryl methyl sites for hydroxylation is 1. The number of aliphatic hydroxyl groups is 1. The zero-order valence-corrected chi connectivity index (χ0v) is 12.9. The molecule has 0 spiro atoms. The van der Waals surface area contributed by atoms with E-state index in [4.69, 9.17) is 9.84 Å². The second kappa shape index (κ2) is 6.47. The molecule has 0 radical (unpaired) electrons. The van der Waals surface area contributed by atoms with E-state index in [1.807, 2.05) is 29.8 Å². The lowest BCUT2D eigenvalue weighted by Crippen LogP contribution is -2.06. The molecule has 0 amide bonds. The number of hydrogen-bond donors (Lipinski definition) is 1. The summed E-state index contributed by atoms with van der Waals surface area (Å²) in [6.07, 6.45) is 0. The van der Waals surface area contributed by atoms with Crippen LogP contribution in [-0.4, -0.2) is 28.6 Å². The minimum absolute atomic E-state index is 0.141. The van der Waals surface area contributed by atoms with Gasteiger partial charge in [-0.05, 0) is 44.5 Å². The Labute approximate surface area is 125 Å². The third-order valence-electron chi connectivity index (χ3n) is 3.66. The quantitative estimate of drug-likeness (QED) is 0.879. The molecule has 0 atom stereocenters. The maximum atomic E-state index is 8.79. The van der Waals surface area contributed by atoms with Crippen LogP contribution in [0.25, 0.3) is 0 Å². The van der Waals surface area contributed by atoms with Gasteiger partial charge in [0.1, 0.15) is 12.4 Å². The smallest absolute Gasteiger partial charge is 0.124 e. The van der Waals surface area contributed by atoms with Gasteiger partial charge in [-0.25, -0.2) is 0 Å². The second-order valence-corrected chi connectivity index (χ2v) is 4.94. The number of benzene rings is 1. The van der Waals surface area contributed by atoms with Gasteiger partial charge in [0.2, 0.25) is 0 Å². The average Bonchev–Trinajstić information content (AvgIpc) is 2.72. The van der Waals surface area contributed by atoms with Gasteiger partial charge in [0.15, 0.2) is 0 Å². The summed E-state index contributed by atoms with van der Waals surface area (Å²) < 4.78 is 7.39. The molecule has 110 valence electrons. The first kappa shape index (κ1) is 15.1. The highest BCUT2D eigenvalue weighted by Crippen LogP contribution is 2.22. The zero-order valence-electron chi connectivity index (χ0n) is 12.9. The molecule has 1 N–H and O–H groups in total. The Hall–Kier alpha value is -2.25. The summed E-state index contributed by atoms with van der Waals surface area (Å²) in [5.41, 5.74) is 5.29. The fourth-order valence-electron chi connectivity index (χ4n) is 2.22. The van der Waals surface area contributed by atoms with E-state index in [0.29, 0.717) is 6.54 Å². The lowest BCUT2D eigenvalue weighted by molar-refractivity contribution is 0.350. The van der Waals surface area contributed by atoms with Gasteiger partial charge < -0.3 is 9.84 Å². The van der Waals surface area contributed by atoms with Gasteiger partial charge in [-0.3, -0.25) is 4.68 Å². The Morgan fingerprint density at radius 2 is 2.05 bits per heavy atom. The van der Waals surface area contributed by atoms with E-state index in [2.05, 4.69) is 30.8 Å². The van der Waals surface area contributed by atoms with E-state index in [9.17, 15) is 0 Å². The van der Waals surface area contributed by atoms with Crippen LogP contribution in [0.2, 0.25) is 0 Å². The molecule has 0 aliphatic heterocycles. The van der Waals surface area contributed by atoms with Crippen LogP contribution in [0.5, 0.6) is 5.75 Å². The van der Waals surface area contributed by atoms with Gasteiger partial charge in [0, 0.05) is 16.8 Å². The Bertz CT molecular complexity index is 706. The summed E-state index contributed by atoms with van der Waals surface area (Å²) >= 11 is 0. The van der Waals surface area contributed by atoms with E-state index >= 15 is 0 Å². The molecule has 1 heterocycles. The Morgan fingerprint density at radius 1 is 1.29 bits per heavy atom. The zero-order chi connectivity index (χ0) is 15.4. The van der Waals surface area contributed by atoms with E-state index < -0.39 is 0 Å². The van der Waals surface area contributed by atoms with Crippen molar-refractivity contribution in [2.45, 2.75) is 27.3 Å². The lowest BCUT2D eigenvalue weighted by Gasteiger charge is -2.10. The van der Waals surface area contributed by atoms with Crippen LogP contribution in [0.3, 0.4) is 0 Å². The van der Waals surface area contributed by atoms with Crippen molar-refractivity contribution >= 4 is 0 Å². The highest BCUT2D eigenvalue weighted by molar-refractivity contribution is 5.44. The first-order valence-electron chi connectivity index (χ1n) is 6.84. The minimum atomic E-state index is -0.141. The van der Waals surface area contributed by atoms with Crippen molar-refractivity contribution in [3.05, 3.63) is 46.3 Å². The molecule has 1 aromatic carbocycles. The van der Waals surface area contributed by atoms with Gasteiger partial charge >= 0.3 is 0 Å². The fourth-order valence-corrected chi connectivity index (χ4v) is 2.22. The number of ether oxygens (including phenoxy) is 1. The number of aliphatic hydroxyl groups excluding tert-OH is 1. The average molecular weight is 284 g/mol. The van der Waals surface area contributed by atoms with Crippen molar-refractivity contribution in [3.8, 4) is 17.6 Å². The highest BCUT2D eigenvalue weighted by atomic mass is 16.5. The molecule has 4 heteroatoms. The van der Waals surface area contributed by atoms with Crippen molar-refractivity contribution < 1.29 is 9.84 Å². The van der Waals surface area contributed by atoms with Crippen LogP contribution in [-0.2, 0) is 6.54 Å². The third-order valence-corrected chi connectivity index (χ3v) is 3.66. The van der Waals surface area contributed by atoms with Gasteiger partial charge in [0.05, 0.1) is 19.3 Å². The second-order valence-electron chi connectivity index (χ2n) is 4.94. The van der Waals surface area contributed by atoms with Crippen molar-refractivity contribution in [2.75, 3.05) is 13.7 Å². The summed E-state index contributed by atoms with van der Waals surface area (Å²) in [7, 11) is 1.66. The summed E-state index contributed by atoms with van der Waals surface area (Å²) in [5.74, 6) is 6.39. The lowest BCUT2D eigenvalue weighted by atomic mass is 10.1. The largest absolute Gasteiger partial charge is 0.496 e. The summed E-state index contributed by atoms with van der Waals surface area (Å²) in [5, 5.41) is 13.3. The minimum Gasteiger partial charge on any atom is -0.496 e. The molecule has 2 aromatic rings. The van der Waals surface area contributed by atoms with Crippen LogP contribution >= 0.6 is 0 Å². The van der Waals surface area contributed by atoms with Crippen molar-refractivity contribution in [2.24, 2.45) is 0 Å². The van der Waals surface area contributed by atoms with Gasteiger partial charge in [0.25, 0.3) is 0 Å².